The van der Waals surface area contributed by atoms with E-state index in [1.807, 2.05) is 57.2 Å². The molecule has 4 rings (SSSR count). The number of phenols is 3. The fraction of sp³-hybridized carbons (Fsp3) is 0.111. The summed E-state index contributed by atoms with van der Waals surface area (Å²) in [5.74, 6) is 1.97. The first-order chi connectivity index (χ1) is 15.3. The molecule has 32 heavy (non-hydrogen) atoms. The van der Waals surface area contributed by atoms with Crippen molar-refractivity contribution in [1.29, 1.82) is 0 Å². The number of ether oxygens (including phenoxy) is 1. The van der Waals surface area contributed by atoms with Crippen LogP contribution in [0.25, 0.3) is 0 Å². The van der Waals surface area contributed by atoms with E-state index in [0.29, 0.717) is 11.5 Å². The summed E-state index contributed by atoms with van der Waals surface area (Å²) in [5.41, 5.74) is 5.41. The molecule has 0 aliphatic heterocycles. The van der Waals surface area contributed by atoms with Crippen LogP contribution in [0.15, 0.2) is 78.9 Å². The molecule has 0 aliphatic rings. The highest BCUT2D eigenvalue weighted by atomic mass is 16.5. The molecular weight excluding hydrogens is 402 g/mol. The highest BCUT2D eigenvalue weighted by Crippen LogP contribution is 2.40. The summed E-state index contributed by atoms with van der Waals surface area (Å²) < 4.78 is 5.99. The Hall–Kier alpha value is -4.12. The zero-order valence-electron chi connectivity index (χ0n) is 18.2. The molecule has 5 heteroatoms. The van der Waals surface area contributed by atoms with Crippen LogP contribution in [0.5, 0.6) is 28.7 Å². The van der Waals surface area contributed by atoms with Gasteiger partial charge in [0.15, 0.2) is 0 Å². The lowest BCUT2D eigenvalue weighted by molar-refractivity contribution is 0.461. The largest absolute Gasteiger partial charge is 0.508 e. The lowest BCUT2D eigenvalue weighted by atomic mass is 10.1. The van der Waals surface area contributed by atoms with E-state index >= 15 is 0 Å². The first-order valence-corrected chi connectivity index (χ1v) is 10.3. The third kappa shape index (κ3) is 4.32. The van der Waals surface area contributed by atoms with Crippen LogP contribution in [0.1, 0.15) is 16.7 Å². The number of rotatable bonds is 5. The van der Waals surface area contributed by atoms with E-state index in [1.165, 1.54) is 0 Å². The quantitative estimate of drug-likeness (QED) is 0.320. The van der Waals surface area contributed by atoms with Gasteiger partial charge in [-0.05, 0) is 116 Å². The Morgan fingerprint density at radius 3 is 1.50 bits per heavy atom. The van der Waals surface area contributed by atoms with Crippen LogP contribution >= 0.6 is 0 Å². The molecule has 0 unspecified atom stereocenters. The van der Waals surface area contributed by atoms with Gasteiger partial charge in [0, 0.05) is 17.1 Å². The maximum atomic E-state index is 9.88. The van der Waals surface area contributed by atoms with Crippen LogP contribution in [0.4, 0.5) is 17.1 Å². The Morgan fingerprint density at radius 1 is 0.562 bits per heavy atom. The minimum absolute atomic E-state index is 0.203. The van der Waals surface area contributed by atoms with Gasteiger partial charge in [-0.3, -0.25) is 0 Å². The molecule has 0 amide bonds. The van der Waals surface area contributed by atoms with Gasteiger partial charge in [-0.2, -0.15) is 0 Å². The predicted octanol–water partition coefficient (Wildman–Crippen LogP) is 6.99. The SMILES string of the molecule is Cc1cc(O)ccc1Oc1ccc(N(c2ccc(O)cc2C)c2ccc(O)cc2C)cc1. The Morgan fingerprint density at radius 2 is 1.03 bits per heavy atom. The maximum absolute atomic E-state index is 9.88. The molecule has 5 nitrogen and oxygen atoms in total. The van der Waals surface area contributed by atoms with E-state index in [-0.39, 0.29) is 17.2 Å². The lowest BCUT2D eigenvalue weighted by Crippen LogP contribution is -2.12. The number of benzene rings is 4. The molecule has 0 atom stereocenters. The van der Waals surface area contributed by atoms with Crippen molar-refractivity contribution in [2.24, 2.45) is 0 Å². The second kappa shape index (κ2) is 8.55. The van der Waals surface area contributed by atoms with E-state index < -0.39 is 0 Å². The van der Waals surface area contributed by atoms with Gasteiger partial charge in [0.2, 0.25) is 0 Å². The summed E-state index contributed by atoms with van der Waals surface area (Å²) >= 11 is 0. The summed E-state index contributed by atoms with van der Waals surface area (Å²) in [6.07, 6.45) is 0. The van der Waals surface area contributed by atoms with Gasteiger partial charge < -0.3 is 25.0 Å². The van der Waals surface area contributed by atoms with Gasteiger partial charge in [-0.15, -0.1) is 0 Å². The third-order valence-corrected chi connectivity index (χ3v) is 5.32. The van der Waals surface area contributed by atoms with Crippen molar-refractivity contribution in [1.82, 2.24) is 0 Å². The zero-order chi connectivity index (χ0) is 22.8. The number of aryl methyl sites for hydroxylation is 3. The first kappa shape index (κ1) is 21.1. The summed E-state index contributed by atoms with van der Waals surface area (Å²) in [6.45, 7) is 5.78. The van der Waals surface area contributed by atoms with E-state index in [0.717, 1.165) is 33.8 Å². The Kier molecular flexibility index (Phi) is 5.65. The average Bonchev–Trinajstić information content (AvgIpc) is 2.74. The fourth-order valence-corrected chi connectivity index (χ4v) is 3.73. The van der Waals surface area contributed by atoms with E-state index in [1.54, 1.807) is 42.5 Å². The molecule has 4 aromatic carbocycles. The van der Waals surface area contributed by atoms with Crippen LogP contribution in [-0.2, 0) is 0 Å². The van der Waals surface area contributed by atoms with Crippen molar-refractivity contribution in [2.75, 3.05) is 4.90 Å². The minimum atomic E-state index is 0.203. The van der Waals surface area contributed by atoms with Crippen LogP contribution < -0.4 is 9.64 Å². The van der Waals surface area contributed by atoms with Crippen molar-refractivity contribution in [3.63, 3.8) is 0 Å². The fourth-order valence-electron chi connectivity index (χ4n) is 3.73. The monoisotopic (exact) mass is 427 g/mol. The number of hydrogen-bond acceptors (Lipinski definition) is 5. The Labute approximate surface area is 187 Å². The summed E-state index contributed by atoms with van der Waals surface area (Å²) in [5, 5.41) is 29.4. The van der Waals surface area contributed by atoms with E-state index in [4.69, 9.17) is 4.74 Å². The van der Waals surface area contributed by atoms with Gasteiger partial charge in [-0.25, -0.2) is 0 Å². The molecule has 0 spiro atoms. The molecule has 0 fully saturated rings. The van der Waals surface area contributed by atoms with Gasteiger partial charge >= 0.3 is 0 Å². The van der Waals surface area contributed by atoms with Gasteiger partial charge in [0.25, 0.3) is 0 Å². The minimum Gasteiger partial charge on any atom is -0.508 e. The van der Waals surface area contributed by atoms with Crippen molar-refractivity contribution >= 4 is 17.1 Å². The van der Waals surface area contributed by atoms with Crippen LogP contribution in [0.2, 0.25) is 0 Å². The van der Waals surface area contributed by atoms with E-state index in [2.05, 4.69) is 4.90 Å². The van der Waals surface area contributed by atoms with Crippen LogP contribution in [-0.4, -0.2) is 15.3 Å². The molecule has 4 aromatic rings. The van der Waals surface area contributed by atoms with Gasteiger partial charge in [0.05, 0.1) is 0 Å². The second-order valence-electron chi connectivity index (χ2n) is 7.82. The molecule has 0 aliphatic carbocycles. The Balaban J connectivity index is 1.74. The number of aromatic hydroxyl groups is 3. The van der Waals surface area contributed by atoms with Crippen LogP contribution in [0.3, 0.4) is 0 Å². The Bertz CT molecular complexity index is 1210. The summed E-state index contributed by atoms with van der Waals surface area (Å²) in [6, 6.07) is 23.2. The number of nitrogens with zero attached hydrogens (tertiary/aromatic N) is 1. The standard InChI is InChI=1S/C27H25NO4/c1-17-14-21(29)6-11-25(17)28(26-12-7-22(30)15-18(26)2)20-4-9-24(10-5-20)32-27-13-8-23(31)16-19(27)3/h4-16,29-31H,1-3H3. The summed E-state index contributed by atoms with van der Waals surface area (Å²) in [4.78, 5) is 2.08. The lowest BCUT2D eigenvalue weighted by Gasteiger charge is -2.28. The molecule has 162 valence electrons. The molecule has 0 aromatic heterocycles. The predicted molar refractivity (Wildman–Crippen MR) is 127 cm³/mol. The number of phenolic OH excluding ortho intramolecular Hbond substituents is 3. The number of hydrogen-bond donors (Lipinski definition) is 3. The summed E-state index contributed by atoms with van der Waals surface area (Å²) in [7, 11) is 0. The van der Waals surface area contributed by atoms with Crippen molar-refractivity contribution in [3.05, 3.63) is 95.6 Å². The highest BCUT2D eigenvalue weighted by Gasteiger charge is 2.17. The average molecular weight is 428 g/mol. The van der Waals surface area contributed by atoms with Crippen molar-refractivity contribution in [3.8, 4) is 28.7 Å². The second-order valence-corrected chi connectivity index (χ2v) is 7.82. The molecule has 0 saturated carbocycles. The molecular formula is C27H25NO4. The number of anilines is 3. The molecule has 0 radical (unpaired) electrons. The van der Waals surface area contributed by atoms with Crippen LogP contribution in [0, 0.1) is 20.8 Å². The maximum Gasteiger partial charge on any atom is 0.130 e. The van der Waals surface area contributed by atoms with Gasteiger partial charge in [-0.1, -0.05) is 0 Å². The topological polar surface area (TPSA) is 73.2 Å². The molecule has 0 heterocycles. The first-order valence-electron chi connectivity index (χ1n) is 10.3. The van der Waals surface area contributed by atoms with Crippen molar-refractivity contribution in [2.45, 2.75) is 20.8 Å². The molecule has 0 saturated heterocycles. The van der Waals surface area contributed by atoms with E-state index in [9.17, 15) is 15.3 Å². The third-order valence-electron chi connectivity index (χ3n) is 5.32. The van der Waals surface area contributed by atoms with Crippen molar-refractivity contribution < 1.29 is 20.1 Å². The molecule has 0 bridgehead atoms. The molecule has 3 N–H and O–H groups in total. The zero-order valence-corrected chi connectivity index (χ0v) is 18.2. The van der Waals surface area contributed by atoms with Gasteiger partial charge in [0.1, 0.15) is 28.7 Å². The smallest absolute Gasteiger partial charge is 0.130 e. The highest BCUT2D eigenvalue weighted by molar-refractivity contribution is 5.80. The normalized spacial score (nSPS) is 10.7.